The van der Waals surface area contributed by atoms with Crippen LogP contribution in [0.4, 0.5) is 17.1 Å². The molecule has 0 aliphatic rings. The van der Waals surface area contributed by atoms with Gasteiger partial charge in [0.2, 0.25) is 5.88 Å². The molecule has 10 heteroatoms. The lowest BCUT2D eigenvalue weighted by Crippen LogP contribution is -2.20. The standard InChI is InChI=1S/C17H17N5O5/c1-4-21-16(23)12(9-18)10(3)15(17(21)24)20-19-13-7-6-11(27-5-2)8-14(13)22(25)26/h6-8,23H,4-5H2,1-3H3. The van der Waals surface area contributed by atoms with Crippen LogP contribution in [0.5, 0.6) is 11.6 Å². The summed E-state index contributed by atoms with van der Waals surface area (Å²) < 4.78 is 6.21. The van der Waals surface area contributed by atoms with Crippen molar-refractivity contribution in [3.05, 3.63) is 49.8 Å². The Hall–Kier alpha value is -3.74. The fourth-order valence-electron chi connectivity index (χ4n) is 2.44. The molecule has 0 radical (unpaired) electrons. The first-order valence-electron chi connectivity index (χ1n) is 8.05. The average molecular weight is 371 g/mol. The van der Waals surface area contributed by atoms with Gasteiger partial charge in [-0.1, -0.05) is 0 Å². The number of ether oxygens (including phenoxy) is 1. The number of aromatic nitrogens is 1. The molecule has 10 nitrogen and oxygen atoms in total. The van der Waals surface area contributed by atoms with Crippen LogP contribution in [0.1, 0.15) is 25.0 Å². The van der Waals surface area contributed by atoms with Crippen LogP contribution in [-0.2, 0) is 6.54 Å². The SMILES string of the molecule is CCOc1ccc(N=Nc2c(C)c(C#N)c(O)n(CC)c2=O)c([N+](=O)[O-])c1. The van der Waals surface area contributed by atoms with Gasteiger partial charge < -0.3 is 9.84 Å². The summed E-state index contributed by atoms with van der Waals surface area (Å²) in [6, 6.07) is 5.89. The fraction of sp³-hybridized carbons (Fsp3) is 0.294. The smallest absolute Gasteiger partial charge is 0.300 e. The second-order valence-electron chi connectivity index (χ2n) is 5.37. The van der Waals surface area contributed by atoms with Gasteiger partial charge >= 0.3 is 0 Å². The summed E-state index contributed by atoms with van der Waals surface area (Å²) in [4.78, 5) is 23.1. The molecular weight excluding hydrogens is 354 g/mol. The minimum atomic E-state index is -0.649. The molecule has 0 spiro atoms. The number of pyridine rings is 1. The van der Waals surface area contributed by atoms with Gasteiger partial charge in [-0.05, 0) is 32.9 Å². The van der Waals surface area contributed by atoms with E-state index in [1.165, 1.54) is 25.1 Å². The van der Waals surface area contributed by atoms with Gasteiger partial charge in [0.1, 0.15) is 17.4 Å². The van der Waals surface area contributed by atoms with Crippen LogP contribution in [-0.4, -0.2) is 21.2 Å². The third-order valence-electron chi connectivity index (χ3n) is 3.80. The molecule has 0 aliphatic carbocycles. The Morgan fingerprint density at radius 3 is 2.63 bits per heavy atom. The number of benzene rings is 1. The first-order chi connectivity index (χ1) is 12.8. The van der Waals surface area contributed by atoms with Crippen molar-refractivity contribution < 1.29 is 14.8 Å². The molecule has 0 fully saturated rings. The molecular formula is C17H17N5O5. The molecule has 0 aliphatic heterocycles. The van der Waals surface area contributed by atoms with E-state index < -0.39 is 16.4 Å². The van der Waals surface area contributed by atoms with E-state index in [4.69, 9.17) is 4.74 Å². The van der Waals surface area contributed by atoms with Crippen molar-refractivity contribution in [2.24, 2.45) is 10.2 Å². The summed E-state index contributed by atoms with van der Waals surface area (Å²) in [6.45, 7) is 5.28. The van der Waals surface area contributed by atoms with Crippen LogP contribution >= 0.6 is 0 Å². The number of azo groups is 1. The third-order valence-corrected chi connectivity index (χ3v) is 3.80. The highest BCUT2D eigenvalue weighted by atomic mass is 16.6. The maximum Gasteiger partial charge on any atom is 0.300 e. The van der Waals surface area contributed by atoms with Crippen molar-refractivity contribution in [2.75, 3.05) is 6.61 Å². The predicted octanol–water partition coefficient (Wildman–Crippen LogP) is 3.48. The Morgan fingerprint density at radius 1 is 1.37 bits per heavy atom. The molecule has 1 aromatic heterocycles. The number of nitro benzene ring substituents is 1. The summed E-state index contributed by atoms with van der Waals surface area (Å²) in [7, 11) is 0. The van der Waals surface area contributed by atoms with Crippen LogP contribution in [0, 0.1) is 28.4 Å². The number of nitriles is 1. The van der Waals surface area contributed by atoms with Crippen LogP contribution < -0.4 is 10.3 Å². The highest BCUT2D eigenvalue weighted by Crippen LogP contribution is 2.33. The molecule has 140 valence electrons. The van der Waals surface area contributed by atoms with E-state index in [9.17, 15) is 25.3 Å². The first-order valence-corrected chi connectivity index (χ1v) is 8.05. The summed E-state index contributed by atoms with van der Waals surface area (Å²) in [5.74, 6) is -0.141. The van der Waals surface area contributed by atoms with Gasteiger partial charge in [-0.25, -0.2) is 0 Å². The molecule has 0 saturated carbocycles. The first kappa shape index (κ1) is 19.6. The van der Waals surface area contributed by atoms with E-state index in [1.807, 2.05) is 6.07 Å². The van der Waals surface area contributed by atoms with E-state index in [2.05, 4.69) is 10.2 Å². The van der Waals surface area contributed by atoms with Gasteiger partial charge in [0.25, 0.3) is 11.2 Å². The van der Waals surface area contributed by atoms with Crippen molar-refractivity contribution in [1.29, 1.82) is 5.26 Å². The summed E-state index contributed by atoms with van der Waals surface area (Å²) in [5.41, 5.74) is -1.19. The summed E-state index contributed by atoms with van der Waals surface area (Å²) >= 11 is 0. The Balaban J connectivity index is 2.61. The van der Waals surface area contributed by atoms with Crippen LogP contribution in [0.25, 0.3) is 0 Å². The lowest BCUT2D eigenvalue weighted by molar-refractivity contribution is -0.384. The Bertz CT molecular complexity index is 1020. The van der Waals surface area contributed by atoms with Gasteiger partial charge in [-0.2, -0.15) is 5.26 Å². The van der Waals surface area contributed by atoms with Gasteiger partial charge in [0, 0.05) is 12.1 Å². The zero-order valence-electron chi connectivity index (χ0n) is 15.0. The van der Waals surface area contributed by atoms with Crippen LogP contribution in [0.3, 0.4) is 0 Å². The van der Waals surface area contributed by atoms with E-state index in [1.54, 1.807) is 13.8 Å². The normalized spacial score (nSPS) is 10.7. The minimum absolute atomic E-state index is 0.0723. The quantitative estimate of drug-likeness (QED) is 0.468. The van der Waals surface area contributed by atoms with E-state index in [0.717, 1.165) is 4.57 Å². The van der Waals surface area contributed by atoms with E-state index in [0.29, 0.717) is 12.4 Å². The number of aromatic hydroxyl groups is 1. The highest BCUT2D eigenvalue weighted by molar-refractivity contribution is 5.61. The Morgan fingerprint density at radius 2 is 2.07 bits per heavy atom. The van der Waals surface area contributed by atoms with Crippen LogP contribution in [0.2, 0.25) is 0 Å². The van der Waals surface area contributed by atoms with Gasteiger partial charge in [0.15, 0.2) is 11.4 Å². The van der Waals surface area contributed by atoms with Gasteiger partial charge in [-0.15, -0.1) is 10.2 Å². The second-order valence-corrected chi connectivity index (χ2v) is 5.37. The van der Waals surface area contributed by atoms with Gasteiger partial charge in [0.05, 0.1) is 17.6 Å². The van der Waals surface area contributed by atoms with Crippen LogP contribution in [0.15, 0.2) is 33.2 Å². The van der Waals surface area contributed by atoms with E-state index in [-0.39, 0.29) is 34.7 Å². The molecule has 2 aromatic rings. The van der Waals surface area contributed by atoms with Crippen molar-refractivity contribution in [3.8, 4) is 17.7 Å². The summed E-state index contributed by atoms with van der Waals surface area (Å²) in [6.07, 6.45) is 0. The number of hydrogen-bond acceptors (Lipinski definition) is 8. The molecule has 2 rings (SSSR count). The maximum absolute atomic E-state index is 12.5. The number of rotatable bonds is 6. The number of nitrogens with zero attached hydrogens (tertiary/aromatic N) is 5. The molecule has 0 atom stereocenters. The molecule has 0 saturated heterocycles. The van der Waals surface area contributed by atoms with Gasteiger partial charge in [-0.3, -0.25) is 19.5 Å². The lowest BCUT2D eigenvalue weighted by atomic mass is 10.1. The zero-order valence-corrected chi connectivity index (χ0v) is 15.0. The van der Waals surface area contributed by atoms with E-state index >= 15 is 0 Å². The monoisotopic (exact) mass is 371 g/mol. The van der Waals surface area contributed by atoms with Crippen molar-refractivity contribution in [1.82, 2.24) is 4.57 Å². The topological polar surface area (TPSA) is 143 Å². The maximum atomic E-state index is 12.5. The highest BCUT2D eigenvalue weighted by Gasteiger charge is 2.19. The summed E-state index contributed by atoms with van der Waals surface area (Å²) in [5, 5.41) is 38.2. The van der Waals surface area contributed by atoms with Crippen molar-refractivity contribution in [2.45, 2.75) is 27.3 Å². The molecule has 27 heavy (non-hydrogen) atoms. The fourth-order valence-corrected chi connectivity index (χ4v) is 2.44. The minimum Gasteiger partial charge on any atom is -0.494 e. The molecule has 1 heterocycles. The van der Waals surface area contributed by atoms with Crippen molar-refractivity contribution in [3.63, 3.8) is 0 Å². The number of nitro groups is 1. The Labute approximate surface area is 154 Å². The lowest BCUT2D eigenvalue weighted by Gasteiger charge is -2.10. The average Bonchev–Trinajstić information content (AvgIpc) is 2.63. The Kier molecular flexibility index (Phi) is 5.87. The third kappa shape index (κ3) is 3.77. The molecule has 1 aromatic carbocycles. The predicted molar refractivity (Wildman–Crippen MR) is 95.9 cm³/mol. The van der Waals surface area contributed by atoms with Crippen molar-refractivity contribution >= 4 is 17.1 Å². The second kappa shape index (κ2) is 8.09. The zero-order chi connectivity index (χ0) is 20.1. The molecule has 0 amide bonds. The largest absolute Gasteiger partial charge is 0.494 e. The molecule has 1 N–H and O–H groups in total. The molecule has 0 bridgehead atoms. The molecule has 0 unspecified atom stereocenters. The number of hydrogen-bond donors (Lipinski definition) is 1.